The van der Waals surface area contributed by atoms with Gasteiger partial charge in [-0.05, 0) is 18.4 Å². The maximum absolute atomic E-state index is 5.44. The topological polar surface area (TPSA) is 59.1 Å². The number of anilines is 2. The summed E-state index contributed by atoms with van der Waals surface area (Å²) in [5.74, 6) is 2.08. The third kappa shape index (κ3) is 3.64. The highest BCUT2D eigenvalue weighted by molar-refractivity contribution is 7.10. The highest BCUT2D eigenvalue weighted by atomic mass is 32.1. The minimum Gasteiger partial charge on any atom is -0.490 e. The number of methoxy groups -OCH3 is 1. The fraction of sp³-hybridized carbons (Fsp3) is 0.467. The molecule has 114 valence electrons. The summed E-state index contributed by atoms with van der Waals surface area (Å²) in [5.41, 5.74) is 0.0302. The van der Waals surface area contributed by atoms with Crippen molar-refractivity contribution >= 4 is 23.0 Å². The number of nitrogens with one attached hydrogen (secondary N) is 2. The van der Waals surface area contributed by atoms with Gasteiger partial charge in [-0.1, -0.05) is 19.9 Å². The van der Waals surface area contributed by atoms with Crippen molar-refractivity contribution in [2.24, 2.45) is 0 Å². The van der Waals surface area contributed by atoms with Crippen LogP contribution in [0.1, 0.15) is 25.6 Å². The van der Waals surface area contributed by atoms with Crippen LogP contribution in [0.4, 0.5) is 11.6 Å². The van der Waals surface area contributed by atoms with Crippen LogP contribution < -0.4 is 15.4 Å². The van der Waals surface area contributed by atoms with Gasteiger partial charge in [0.15, 0.2) is 11.6 Å². The predicted octanol–water partition coefficient (Wildman–Crippen LogP) is 3.37. The zero-order valence-electron chi connectivity index (χ0n) is 12.9. The molecule has 5 nitrogen and oxygen atoms in total. The lowest BCUT2D eigenvalue weighted by molar-refractivity contribution is 0.414. The van der Waals surface area contributed by atoms with E-state index in [9.17, 15) is 0 Å². The van der Waals surface area contributed by atoms with Crippen molar-refractivity contribution in [2.75, 3.05) is 30.8 Å². The molecule has 0 spiro atoms. The van der Waals surface area contributed by atoms with Crippen LogP contribution in [-0.4, -0.2) is 30.2 Å². The summed E-state index contributed by atoms with van der Waals surface area (Å²) in [6, 6.07) is 4.24. The molecule has 2 aromatic heterocycles. The minimum atomic E-state index is 0.0302. The number of hydrogen-bond donors (Lipinski definition) is 2. The summed E-state index contributed by atoms with van der Waals surface area (Å²) in [5, 5.41) is 8.66. The number of ether oxygens (including phenoxy) is 1. The van der Waals surface area contributed by atoms with Gasteiger partial charge in [-0.15, -0.1) is 11.3 Å². The van der Waals surface area contributed by atoms with Gasteiger partial charge >= 0.3 is 0 Å². The summed E-state index contributed by atoms with van der Waals surface area (Å²) < 4.78 is 5.44. The lowest BCUT2D eigenvalue weighted by Crippen LogP contribution is -2.27. The molecule has 0 bridgehead atoms. The molecule has 0 aliphatic rings. The Balaban J connectivity index is 2.14. The van der Waals surface area contributed by atoms with Crippen molar-refractivity contribution in [3.05, 3.63) is 28.7 Å². The minimum absolute atomic E-state index is 0.0302. The quantitative estimate of drug-likeness (QED) is 0.821. The van der Waals surface area contributed by atoms with Gasteiger partial charge in [0.2, 0.25) is 5.75 Å². The van der Waals surface area contributed by atoms with Crippen molar-refractivity contribution in [1.82, 2.24) is 9.97 Å². The smallest absolute Gasteiger partial charge is 0.204 e. The van der Waals surface area contributed by atoms with E-state index in [1.807, 2.05) is 6.92 Å². The van der Waals surface area contributed by atoms with Gasteiger partial charge in [0.1, 0.15) is 6.33 Å². The van der Waals surface area contributed by atoms with E-state index in [-0.39, 0.29) is 5.41 Å². The van der Waals surface area contributed by atoms with Crippen LogP contribution in [0.15, 0.2) is 23.8 Å². The van der Waals surface area contributed by atoms with Gasteiger partial charge in [0, 0.05) is 23.4 Å². The first-order valence-electron chi connectivity index (χ1n) is 6.99. The molecule has 0 fully saturated rings. The molecular weight excluding hydrogens is 284 g/mol. The number of rotatable bonds is 7. The molecule has 6 heteroatoms. The van der Waals surface area contributed by atoms with E-state index in [1.165, 1.54) is 4.88 Å². The van der Waals surface area contributed by atoms with E-state index in [2.05, 4.69) is 52.0 Å². The van der Waals surface area contributed by atoms with Gasteiger partial charge < -0.3 is 15.4 Å². The van der Waals surface area contributed by atoms with E-state index < -0.39 is 0 Å². The molecule has 2 aromatic rings. The molecule has 0 aliphatic heterocycles. The van der Waals surface area contributed by atoms with Crippen LogP contribution in [0, 0.1) is 0 Å². The van der Waals surface area contributed by atoms with Crippen molar-refractivity contribution in [2.45, 2.75) is 26.2 Å². The molecule has 0 saturated carbocycles. The van der Waals surface area contributed by atoms with E-state index >= 15 is 0 Å². The highest BCUT2D eigenvalue weighted by Crippen LogP contribution is 2.32. The Labute approximate surface area is 129 Å². The molecule has 2 rings (SSSR count). The van der Waals surface area contributed by atoms with Crippen molar-refractivity contribution in [1.29, 1.82) is 0 Å². The molecule has 0 aliphatic carbocycles. The standard InChI is InChI=1S/C15H22N4OS/c1-5-16-13-12(20-4)14(19-10-18-13)17-9-15(2,3)11-7-6-8-21-11/h6-8,10H,5,9H2,1-4H3,(H2,16,17,18,19). The highest BCUT2D eigenvalue weighted by Gasteiger charge is 2.22. The Morgan fingerprint density at radius 3 is 2.52 bits per heavy atom. The van der Waals surface area contributed by atoms with Gasteiger partial charge in [-0.2, -0.15) is 0 Å². The molecule has 2 N–H and O–H groups in total. The van der Waals surface area contributed by atoms with Crippen LogP contribution in [-0.2, 0) is 5.41 Å². The zero-order chi connectivity index (χ0) is 15.3. The molecule has 0 unspecified atom stereocenters. The van der Waals surface area contributed by atoms with E-state index in [0.29, 0.717) is 17.4 Å². The first-order chi connectivity index (χ1) is 10.1. The van der Waals surface area contributed by atoms with Crippen molar-refractivity contribution < 1.29 is 4.74 Å². The van der Waals surface area contributed by atoms with Crippen LogP contribution in [0.25, 0.3) is 0 Å². The molecule has 0 atom stereocenters. The zero-order valence-corrected chi connectivity index (χ0v) is 13.8. The molecule has 2 heterocycles. The lowest BCUT2D eigenvalue weighted by atomic mass is 9.91. The third-order valence-electron chi connectivity index (χ3n) is 3.24. The van der Waals surface area contributed by atoms with E-state index in [0.717, 1.165) is 13.1 Å². The molecule has 0 radical (unpaired) electrons. The van der Waals surface area contributed by atoms with E-state index in [4.69, 9.17) is 4.74 Å². The second-order valence-corrected chi connectivity index (χ2v) is 6.30. The van der Waals surface area contributed by atoms with Crippen LogP contribution >= 0.6 is 11.3 Å². The van der Waals surface area contributed by atoms with Crippen molar-refractivity contribution in [3.8, 4) is 5.75 Å². The summed E-state index contributed by atoms with van der Waals surface area (Å²) in [7, 11) is 1.63. The first-order valence-corrected chi connectivity index (χ1v) is 7.87. The average molecular weight is 306 g/mol. The van der Waals surface area contributed by atoms with E-state index in [1.54, 1.807) is 24.8 Å². The summed E-state index contributed by atoms with van der Waals surface area (Å²) in [4.78, 5) is 9.84. The number of hydrogen-bond acceptors (Lipinski definition) is 6. The number of nitrogens with zero attached hydrogens (tertiary/aromatic N) is 2. The maximum atomic E-state index is 5.44. The van der Waals surface area contributed by atoms with Gasteiger partial charge in [0.05, 0.1) is 7.11 Å². The Kier molecular flexibility index (Phi) is 5.01. The normalized spacial score (nSPS) is 11.2. The molecule has 0 amide bonds. The van der Waals surface area contributed by atoms with Gasteiger partial charge in [-0.3, -0.25) is 0 Å². The summed E-state index contributed by atoms with van der Waals surface area (Å²) in [6.07, 6.45) is 1.54. The lowest BCUT2D eigenvalue weighted by Gasteiger charge is -2.24. The molecule has 21 heavy (non-hydrogen) atoms. The summed E-state index contributed by atoms with van der Waals surface area (Å²) >= 11 is 1.77. The van der Waals surface area contributed by atoms with Crippen molar-refractivity contribution in [3.63, 3.8) is 0 Å². The van der Waals surface area contributed by atoms with Crippen LogP contribution in [0.3, 0.4) is 0 Å². The average Bonchev–Trinajstić information content (AvgIpc) is 3.01. The van der Waals surface area contributed by atoms with Crippen LogP contribution in [0.2, 0.25) is 0 Å². The largest absolute Gasteiger partial charge is 0.490 e. The second kappa shape index (κ2) is 6.76. The maximum Gasteiger partial charge on any atom is 0.204 e. The monoisotopic (exact) mass is 306 g/mol. The fourth-order valence-corrected chi connectivity index (χ4v) is 2.89. The number of aromatic nitrogens is 2. The predicted molar refractivity (Wildman–Crippen MR) is 88.6 cm³/mol. The Bertz CT molecular complexity index is 569. The SMILES string of the molecule is CCNc1ncnc(NCC(C)(C)c2cccs2)c1OC. The van der Waals surface area contributed by atoms with Crippen LogP contribution in [0.5, 0.6) is 5.75 Å². The summed E-state index contributed by atoms with van der Waals surface area (Å²) in [6.45, 7) is 8.00. The Morgan fingerprint density at radius 2 is 1.95 bits per heavy atom. The number of thiophene rings is 1. The molecule has 0 saturated heterocycles. The molecular formula is C15H22N4OS. The van der Waals surface area contributed by atoms with Gasteiger partial charge in [-0.25, -0.2) is 9.97 Å². The molecule has 0 aromatic carbocycles. The first kappa shape index (κ1) is 15.6. The third-order valence-corrected chi connectivity index (χ3v) is 4.47. The Morgan fingerprint density at radius 1 is 1.24 bits per heavy atom. The van der Waals surface area contributed by atoms with Gasteiger partial charge in [0.25, 0.3) is 0 Å². The fourth-order valence-electron chi connectivity index (χ4n) is 2.04. The second-order valence-electron chi connectivity index (χ2n) is 5.35. The Hall–Kier alpha value is -1.82.